The molecule has 1 saturated heterocycles. The third-order valence-electron chi connectivity index (χ3n) is 6.64. The standard InChI is InChI=1S/C23H26N8S/c1-23(24)7-11-30(12-8-23)18-14-26-19-20(27-18)28-29-21(19)31-10-3-5-15-16(4-2-6-17(15)31)22-25-9-13-32-22/h2,4,6,9,13-14H,3,5,7-8,10-12,24H2,1H3,(H,27,28,29). The summed E-state index contributed by atoms with van der Waals surface area (Å²) < 4.78 is 0. The highest BCUT2D eigenvalue weighted by Crippen LogP contribution is 2.40. The van der Waals surface area contributed by atoms with Crippen molar-refractivity contribution in [2.45, 2.75) is 38.1 Å². The van der Waals surface area contributed by atoms with Crippen molar-refractivity contribution in [2.24, 2.45) is 5.73 Å². The van der Waals surface area contributed by atoms with Gasteiger partial charge in [0.15, 0.2) is 17.0 Å². The summed E-state index contributed by atoms with van der Waals surface area (Å²) in [5.41, 5.74) is 11.5. The molecule has 164 valence electrons. The number of aromatic amines is 1. The number of hydrogen-bond acceptors (Lipinski definition) is 8. The van der Waals surface area contributed by atoms with E-state index in [0.717, 1.165) is 73.1 Å². The number of anilines is 3. The van der Waals surface area contributed by atoms with Crippen LogP contribution in [0.4, 0.5) is 17.3 Å². The van der Waals surface area contributed by atoms with Crippen LogP contribution in [0, 0.1) is 0 Å². The Morgan fingerprint density at radius 1 is 1.16 bits per heavy atom. The molecule has 32 heavy (non-hydrogen) atoms. The molecule has 5 heterocycles. The van der Waals surface area contributed by atoms with E-state index in [9.17, 15) is 0 Å². The highest BCUT2D eigenvalue weighted by atomic mass is 32.1. The molecule has 0 amide bonds. The third-order valence-corrected chi connectivity index (χ3v) is 7.44. The Hall–Kier alpha value is -3.04. The summed E-state index contributed by atoms with van der Waals surface area (Å²) in [6, 6.07) is 6.44. The van der Waals surface area contributed by atoms with E-state index in [2.05, 4.69) is 50.1 Å². The molecule has 1 aromatic carbocycles. The van der Waals surface area contributed by atoms with Gasteiger partial charge in [-0.25, -0.2) is 15.0 Å². The number of hydrogen-bond donors (Lipinski definition) is 2. The number of rotatable bonds is 3. The van der Waals surface area contributed by atoms with Crippen molar-refractivity contribution in [1.82, 2.24) is 25.1 Å². The van der Waals surface area contributed by atoms with E-state index in [-0.39, 0.29) is 5.54 Å². The third kappa shape index (κ3) is 3.32. The normalized spacial score (nSPS) is 18.2. The molecule has 2 aliphatic heterocycles. The molecule has 0 spiro atoms. The minimum absolute atomic E-state index is 0.0890. The van der Waals surface area contributed by atoms with Crippen LogP contribution in [-0.4, -0.2) is 50.3 Å². The first-order chi connectivity index (χ1) is 15.6. The maximum Gasteiger partial charge on any atom is 0.183 e. The zero-order valence-corrected chi connectivity index (χ0v) is 18.9. The van der Waals surface area contributed by atoms with Crippen LogP contribution in [0.1, 0.15) is 31.7 Å². The van der Waals surface area contributed by atoms with Gasteiger partial charge in [-0.1, -0.05) is 12.1 Å². The molecule has 3 aromatic heterocycles. The number of nitrogens with one attached hydrogen (secondary N) is 1. The predicted molar refractivity (Wildman–Crippen MR) is 129 cm³/mol. The number of aromatic nitrogens is 5. The number of nitrogens with zero attached hydrogens (tertiary/aromatic N) is 6. The fourth-order valence-electron chi connectivity index (χ4n) is 4.77. The lowest BCUT2D eigenvalue weighted by Gasteiger charge is -2.37. The first kappa shape index (κ1) is 19.6. The van der Waals surface area contributed by atoms with Crippen molar-refractivity contribution in [3.63, 3.8) is 0 Å². The lowest BCUT2D eigenvalue weighted by Crippen LogP contribution is -2.48. The van der Waals surface area contributed by atoms with Gasteiger partial charge >= 0.3 is 0 Å². The van der Waals surface area contributed by atoms with Crippen LogP contribution in [0.5, 0.6) is 0 Å². The second kappa shape index (κ2) is 7.53. The quantitative estimate of drug-likeness (QED) is 0.493. The molecular formula is C23H26N8S. The van der Waals surface area contributed by atoms with Gasteiger partial charge in [-0.2, -0.15) is 5.10 Å². The van der Waals surface area contributed by atoms with E-state index >= 15 is 0 Å². The first-order valence-corrected chi connectivity index (χ1v) is 12.0. The molecule has 4 aromatic rings. The van der Waals surface area contributed by atoms with Crippen LogP contribution in [0.25, 0.3) is 21.7 Å². The van der Waals surface area contributed by atoms with Crippen molar-refractivity contribution in [3.05, 3.63) is 41.5 Å². The van der Waals surface area contributed by atoms with E-state index in [4.69, 9.17) is 15.7 Å². The SMILES string of the molecule is CC1(N)CCN(c2cnc3c(N4CCCc5c(-c6nccs6)cccc54)n[nH]c3n2)CC1. The van der Waals surface area contributed by atoms with Crippen molar-refractivity contribution < 1.29 is 0 Å². The Balaban J connectivity index is 1.35. The minimum Gasteiger partial charge on any atom is -0.355 e. The summed E-state index contributed by atoms with van der Waals surface area (Å²) in [6.45, 7) is 4.82. The summed E-state index contributed by atoms with van der Waals surface area (Å²) >= 11 is 1.68. The Bertz CT molecular complexity index is 1250. The Labute approximate surface area is 190 Å². The molecule has 0 radical (unpaired) electrons. The number of H-pyrrole nitrogens is 1. The average molecular weight is 447 g/mol. The van der Waals surface area contributed by atoms with Crippen molar-refractivity contribution in [2.75, 3.05) is 29.4 Å². The summed E-state index contributed by atoms with van der Waals surface area (Å²) in [5, 5.41) is 10.9. The second-order valence-corrected chi connectivity index (χ2v) is 9.90. The van der Waals surface area contributed by atoms with E-state index in [1.54, 1.807) is 11.3 Å². The predicted octanol–water partition coefficient (Wildman–Crippen LogP) is 3.88. The van der Waals surface area contributed by atoms with Gasteiger partial charge < -0.3 is 15.5 Å². The maximum atomic E-state index is 6.29. The minimum atomic E-state index is -0.0890. The summed E-state index contributed by atoms with van der Waals surface area (Å²) in [4.78, 5) is 18.7. The topological polar surface area (TPSA) is 99.9 Å². The molecule has 0 atom stereocenters. The molecule has 3 N–H and O–H groups in total. The number of fused-ring (bicyclic) bond motifs is 2. The van der Waals surface area contributed by atoms with Gasteiger partial charge in [-0.05, 0) is 44.2 Å². The lowest BCUT2D eigenvalue weighted by molar-refractivity contribution is 0.363. The lowest BCUT2D eigenvalue weighted by atomic mass is 9.91. The monoisotopic (exact) mass is 446 g/mol. The zero-order chi connectivity index (χ0) is 21.7. The van der Waals surface area contributed by atoms with Crippen LogP contribution >= 0.6 is 11.3 Å². The summed E-state index contributed by atoms with van der Waals surface area (Å²) in [5.74, 6) is 1.72. The van der Waals surface area contributed by atoms with Crippen molar-refractivity contribution >= 4 is 39.8 Å². The van der Waals surface area contributed by atoms with Crippen LogP contribution in [-0.2, 0) is 6.42 Å². The van der Waals surface area contributed by atoms with Crippen LogP contribution in [0.2, 0.25) is 0 Å². The van der Waals surface area contributed by atoms with Gasteiger partial charge in [0, 0.05) is 48.0 Å². The van der Waals surface area contributed by atoms with E-state index in [1.807, 2.05) is 17.8 Å². The van der Waals surface area contributed by atoms with Gasteiger partial charge in [-0.3, -0.25) is 5.10 Å². The summed E-state index contributed by atoms with van der Waals surface area (Å²) in [6.07, 6.45) is 7.73. The van der Waals surface area contributed by atoms with Crippen molar-refractivity contribution in [1.29, 1.82) is 0 Å². The highest BCUT2D eigenvalue weighted by molar-refractivity contribution is 7.13. The first-order valence-electron chi connectivity index (χ1n) is 11.1. The fourth-order valence-corrected chi connectivity index (χ4v) is 5.46. The van der Waals surface area contributed by atoms with Crippen LogP contribution in [0.15, 0.2) is 36.0 Å². The Morgan fingerprint density at radius 2 is 2.03 bits per heavy atom. The van der Waals surface area contributed by atoms with E-state index < -0.39 is 0 Å². The van der Waals surface area contributed by atoms with Gasteiger partial charge in [0.1, 0.15) is 10.8 Å². The second-order valence-electron chi connectivity index (χ2n) is 9.01. The molecule has 0 unspecified atom stereocenters. The maximum absolute atomic E-state index is 6.29. The molecular weight excluding hydrogens is 420 g/mol. The Kier molecular flexibility index (Phi) is 4.62. The number of piperidine rings is 1. The molecule has 8 nitrogen and oxygen atoms in total. The number of nitrogens with two attached hydrogens (primary N) is 1. The average Bonchev–Trinajstić information content (AvgIpc) is 3.48. The smallest absolute Gasteiger partial charge is 0.183 e. The summed E-state index contributed by atoms with van der Waals surface area (Å²) in [7, 11) is 0. The molecule has 0 saturated carbocycles. The van der Waals surface area contributed by atoms with Crippen LogP contribution < -0.4 is 15.5 Å². The molecule has 0 aliphatic carbocycles. The van der Waals surface area contributed by atoms with Gasteiger partial charge in [0.25, 0.3) is 0 Å². The largest absolute Gasteiger partial charge is 0.355 e. The molecule has 6 rings (SSSR count). The Morgan fingerprint density at radius 3 is 2.84 bits per heavy atom. The van der Waals surface area contributed by atoms with Gasteiger partial charge in [0.2, 0.25) is 0 Å². The van der Waals surface area contributed by atoms with Gasteiger partial charge in [0.05, 0.1) is 6.20 Å². The molecule has 9 heteroatoms. The zero-order valence-electron chi connectivity index (χ0n) is 18.1. The van der Waals surface area contributed by atoms with E-state index in [1.165, 1.54) is 16.8 Å². The van der Waals surface area contributed by atoms with Crippen molar-refractivity contribution in [3.8, 4) is 10.6 Å². The number of thiazole rings is 1. The van der Waals surface area contributed by atoms with E-state index in [0.29, 0.717) is 0 Å². The fraction of sp³-hybridized carbons (Fsp3) is 0.391. The number of benzene rings is 1. The van der Waals surface area contributed by atoms with Gasteiger partial charge in [-0.15, -0.1) is 11.3 Å². The molecule has 2 aliphatic rings. The highest BCUT2D eigenvalue weighted by Gasteiger charge is 2.28. The van der Waals surface area contributed by atoms with Crippen LogP contribution in [0.3, 0.4) is 0 Å². The molecule has 0 bridgehead atoms. The molecule has 1 fully saturated rings.